The van der Waals surface area contributed by atoms with Crippen LogP contribution in [0.2, 0.25) is 0 Å². The molecule has 0 bridgehead atoms. The standard InChI is InChI=1S/C16H16N2OS/c1-11-4-6-14(7-5-11)15(19)8-9-20-16-17-12(2)10-13(3)18-16/h4-10H,1-3H3. The van der Waals surface area contributed by atoms with Gasteiger partial charge in [-0.05, 0) is 38.3 Å². The number of aryl methyl sites for hydroxylation is 3. The minimum absolute atomic E-state index is 0.0122. The van der Waals surface area contributed by atoms with Crippen molar-refractivity contribution in [1.82, 2.24) is 9.97 Å². The average molecular weight is 284 g/mol. The Hall–Kier alpha value is -1.94. The van der Waals surface area contributed by atoms with Crippen molar-refractivity contribution in [3.05, 3.63) is 64.3 Å². The number of benzene rings is 1. The summed E-state index contributed by atoms with van der Waals surface area (Å²) in [5.41, 5.74) is 3.69. The first-order valence-corrected chi connectivity index (χ1v) is 7.19. The molecule has 102 valence electrons. The van der Waals surface area contributed by atoms with Gasteiger partial charge in [-0.1, -0.05) is 41.6 Å². The van der Waals surface area contributed by atoms with Gasteiger partial charge in [0.15, 0.2) is 10.9 Å². The van der Waals surface area contributed by atoms with E-state index >= 15 is 0 Å². The first-order valence-electron chi connectivity index (χ1n) is 6.31. The lowest BCUT2D eigenvalue weighted by Gasteiger charge is -1.99. The average Bonchev–Trinajstić information content (AvgIpc) is 2.38. The lowest BCUT2D eigenvalue weighted by molar-refractivity contribution is 0.104. The molecule has 0 spiro atoms. The van der Waals surface area contributed by atoms with Gasteiger partial charge in [-0.25, -0.2) is 9.97 Å². The van der Waals surface area contributed by atoms with Crippen molar-refractivity contribution in [1.29, 1.82) is 0 Å². The fraction of sp³-hybridized carbons (Fsp3) is 0.188. The second kappa shape index (κ2) is 6.48. The molecule has 2 aromatic rings. The van der Waals surface area contributed by atoms with E-state index in [1.165, 1.54) is 11.8 Å². The SMILES string of the molecule is Cc1ccc(C(=O)C=CSc2nc(C)cc(C)n2)cc1. The van der Waals surface area contributed by atoms with Crippen molar-refractivity contribution in [3.63, 3.8) is 0 Å². The van der Waals surface area contributed by atoms with Gasteiger partial charge < -0.3 is 0 Å². The number of aromatic nitrogens is 2. The molecule has 20 heavy (non-hydrogen) atoms. The molecule has 0 atom stereocenters. The van der Waals surface area contributed by atoms with Crippen molar-refractivity contribution >= 4 is 17.5 Å². The van der Waals surface area contributed by atoms with Gasteiger partial charge in [0.1, 0.15) is 0 Å². The quantitative estimate of drug-likeness (QED) is 0.370. The van der Waals surface area contributed by atoms with E-state index in [-0.39, 0.29) is 5.78 Å². The van der Waals surface area contributed by atoms with Crippen molar-refractivity contribution in [2.24, 2.45) is 0 Å². The first-order chi connectivity index (χ1) is 9.54. The summed E-state index contributed by atoms with van der Waals surface area (Å²) in [6.45, 7) is 5.86. The number of hydrogen-bond acceptors (Lipinski definition) is 4. The molecule has 0 unspecified atom stereocenters. The summed E-state index contributed by atoms with van der Waals surface area (Å²) in [5, 5.41) is 2.40. The van der Waals surface area contributed by atoms with E-state index in [1.807, 2.05) is 51.1 Å². The van der Waals surface area contributed by atoms with Gasteiger partial charge in [-0.15, -0.1) is 0 Å². The zero-order chi connectivity index (χ0) is 14.5. The highest BCUT2D eigenvalue weighted by Gasteiger charge is 2.02. The summed E-state index contributed by atoms with van der Waals surface area (Å²) in [7, 11) is 0. The fourth-order valence-electron chi connectivity index (χ4n) is 1.72. The van der Waals surface area contributed by atoms with E-state index in [0.29, 0.717) is 10.7 Å². The molecule has 3 nitrogen and oxygen atoms in total. The van der Waals surface area contributed by atoms with Crippen LogP contribution in [-0.2, 0) is 0 Å². The van der Waals surface area contributed by atoms with Crippen LogP contribution in [0.15, 0.2) is 47.0 Å². The van der Waals surface area contributed by atoms with E-state index < -0.39 is 0 Å². The number of allylic oxidation sites excluding steroid dienone is 1. The highest BCUT2D eigenvalue weighted by molar-refractivity contribution is 8.02. The molecule has 0 aliphatic rings. The predicted molar refractivity (Wildman–Crippen MR) is 82.0 cm³/mol. The molecule has 4 heteroatoms. The minimum Gasteiger partial charge on any atom is -0.289 e. The lowest BCUT2D eigenvalue weighted by Crippen LogP contribution is -1.94. The molecular formula is C16H16N2OS. The number of carbonyl (C=O) groups excluding carboxylic acids is 1. The summed E-state index contributed by atoms with van der Waals surface area (Å²) >= 11 is 1.35. The Balaban J connectivity index is 2.02. The third kappa shape index (κ3) is 4.03. The van der Waals surface area contributed by atoms with Crippen molar-refractivity contribution in [3.8, 4) is 0 Å². The molecule has 0 amide bonds. The zero-order valence-electron chi connectivity index (χ0n) is 11.8. The highest BCUT2D eigenvalue weighted by atomic mass is 32.2. The van der Waals surface area contributed by atoms with Gasteiger partial charge in [0.25, 0.3) is 0 Å². The Morgan fingerprint density at radius 2 is 1.65 bits per heavy atom. The summed E-state index contributed by atoms with van der Waals surface area (Å²) in [6, 6.07) is 9.45. The smallest absolute Gasteiger partial charge is 0.192 e. The van der Waals surface area contributed by atoms with Crippen LogP contribution >= 0.6 is 11.8 Å². The molecular weight excluding hydrogens is 268 g/mol. The van der Waals surface area contributed by atoms with Gasteiger partial charge in [0.05, 0.1) is 0 Å². The molecule has 1 heterocycles. The van der Waals surface area contributed by atoms with E-state index in [2.05, 4.69) is 9.97 Å². The van der Waals surface area contributed by atoms with Gasteiger partial charge in [0, 0.05) is 17.0 Å². The van der Waals surface area contributed by atoms with E-state index in [0.717, 1.165) is 17.0 Å². The lowest BCUT2D eigenvalue weighted by atomic mass is 10.1. The van der Waals surface area contributed by atoms with Crippen LogP contribution in [0.4, 0.5) is 0 Å². The number of rotatable bonds is 4. The maximum Gasteiger partial charge on any atom is 0.192 e. The topological polar surface area (TPSA) is 42.9 Å². The maximum atomic E-state index is 11.9. The summed E-state index contributed by atoms with van der Waals surface area (Å²) in [5.74, 6) is -0.0122. The molecule has 0 aliphatic carbocycles. The Kier molecular flexibility index (Phi) is 4.69. The third-order valence-electron chi connectivity index (χ3n) is 2.69. The van der Waals surface area contributed by atoms with Crippen molar-refractivity contribution < 1.29 is 4.79 Å². The van der Waals surface area contributed by atoms with E-state index in [9.17, 15) is 4.79 Å². The van der Waals surface area contributed by atoms with Crippen LogP contribution < -0.4 is 0 Å². The Morgan fingerprint density at radius 1 is 1.05 bits per heavy atom. The third-order valence-corrected chi connectivity index (χ3v) is 3.36. The number of thioether (sulfide) groups is 1. The van der Waals surface area contributed by atoms with Crippen molar-refractivity contribution in [2.45, 2.75) is 25.9 Å². The predicted octanol–water partition coefficient (Wildman–Crippen LogP) is 3.89. The molecule has 0 saturated carbocycles. The number of nitrogens with zero attached hydrogens (tertiary/aromatic N) is 2. The van der Waals surface area contributed by atoms with E-state index in [4.69, 9.17) is 0 Å². The minimum atomic E-state index is -0.0122. The van der Waals surface area contributed by atoms with Crippen molar-refractivity contribution in [2.75, 3.05) is 0 Å². The Morgan fingerprint density at radius 3 is 2.25 bits per heavy atom. The Labute approximate surface area is 123 Å². The molecule has 2 rings (SSSR count). The van der Waals surface area contributed by atoms with Gasteiger partial charge in [0.2, 0.25) is 0 Å². The second-order valence-corrected chi connectivity index (χ2v) is 5.46. The maximum absolute atomic E-state index is 11.9. The first kappa shape index (κ1) is 14.5. The van der Waals surface area contributed by atoms with Gasteiger partial charge in [-0.2, -0.15) is 0 Å². The largest absolute Gasteiger partial charge is 0.289 e. The van der Waals surface area contributed by atoms with Crippen LogP contribution in [0.1, 0.15) is 27.3 Å². The molecule has 0 N–H and O–H groups in total. The molecule has 0 aliphatic heterocycles. The van der Waals surface area contributed by atoms with Crippen LogP contribution in [0.5, 0.6) is 0 Å². The number of carbonyl (C=O) groups is 1. The number of ketones is 1. The molecule has 0 saturated heterocycles. The highest BCUT2D eigenvalue weighted by Crippen LogP contribution is 2.16. The summed E-state index contributed by atoms with van der Waals surface area (Å²) in [6.07, 6.45) is 1.55. The van der Waals surface area contributed by atoms with E-state index in [1.54, 1.807) is 11.5 Å². The molecule has 1 aromatic heterocycles. The fourth-order valence-corrected chi connectivity index (χ4v) is 2.42. The van der Waals surface area contributed by atoms with Crippen LogP contribution in [0.25, 0.3) is 0 Å². The zero-order valence-corrected chi connectivity index (χ0v) is 12.6. The second-order valence-electron chi connectivity index (χ2n) is 4.58. The summed E-state index contributed by atoms with van der Waals surface area (Å²) < 4.78 is 0. The van der Waals surface area contributed by atoms with Crippen LogP contribution in [0, 0.1) is 20.8 Å². The molecule has 1 aromatic carbocycles. The van der Waals surface area contributed by atoms with Crippen LogP contribution in [0.3, 0.4) is 0 Å². The summed E-state index contributed by atoms with van der Waals surface area (Å²) in [4.78, 5) is 20.5. The molecule has 0 fully saturated rings. The van der Waals surface area contributed by atoms with Gasteiger partial charge >= 0.3 is 0 Å². The monoisotopic (exact) mass is 284 g/mol. The van der Waals surface area contributed by atoms with Crippen LogP contribution in [-0.4, -0.2) is 15.8 Å². The normalized spacial score (nSPS) is 10.9. The number of hydrogen-bond donors (Lipinski definition) is 0. The van der Waals surface area contributed by atoms with Gasteiger partial charge in [-0.3, -0.25) is 4.79 Å². The molecule has 0 radical (unpaired) electrons. The Bertz CT molecular complexity index is 628.